The lowest BCUT2D eigenvalue weighted by Crippen LogP contribution is -1.99. The fraction of sp³-hybridized carbons (Fsp3) is 0.0833. The van der Waals surface area contributed by atoms with Crippen LogP contribution in [0.3, 0.4) is 0 Å². The normalized spacial score (nSPS) is 9.79. The maximum Gasteiger partial charge on any atom is 0.175 e. The quantitative estimate of drug-likeness (QED) is 0.939. The molecule has 1 heterocycles. The highest BCUT2D eigenvalue weighted by atomic mass is 35.5. The van der Waals surface area contributed by atoms with Gasteiger partial charge >= 0.3 is 0 Å². The molecule has 0 saturated heterocycles. The van der Waals surface area contributed by atoms with Crippen LogP contribution in [0, 0.1) is 11.3 Å². The molecule has 2 rings (SSSR count). The lowest BCUT2D eigenvalue weighted by Gasteiger charge is -2.10. The smallest absolute Gasteiger partial charge is 0.175 e. The van der Waals surface area contributed by atoms with Crippen molar-refractivity contribution >= 4 is 34.7 Å². The molecule has 1 aromatic heterocycles. The van der Waals surface area contributed by atoms with Crippen LogP contribution in [0.25, 0.3) is 0 Å². The first-order valence-electron chi connectivity index (χ1n) is 5.17. The minimum Gasteiger partial charge on any atom is -0.493 e. The predicted octanol–water partition coefficient (Wildman–Crippen LogP) is 3.41. The fourth-order valence-corrected chi connectivity index (χ4v) is 1.83. The van der Waals surface area contributed by atoms with Crippen molar-refractivity contribution in [2.45, 2.75) is 0 Å². The van der Waals surface area contributed by atoms with Crippen molar-refractivity contribution in [3.63, 3.8) is 0 Å². The summed E-state index contributed by atoms with van der Waals surface area (Å²) in [7, 11) is 1.49. The molecule has 0 radical (unpaired) electrons. The Hall–Kier alpha value is -2.03. The number of anilines is 2. The van der Waals surface area contributed by atoms with Crippen LogP contribution in [-0.4, -0.2) is 17.3 Å². The number of nitrogens with zero attached hydrogens (tertiary/aromatic N) is 3. The topological polar surface area (TPSA) is 70.8 Å². The second-order valence-electron chi connectivity index (χ2n) is 3.51. The van der Waals surface area contributed by atoms with Crippen LogP contribution in [0.2, 0.25) is 10.0 Å². The molecule has 7 heteroatoms. The zero-order chi connectivity index (χ0) is 13.8. The molecule has 0 bridgehead atoms. The molecule has 1 aromatic carbocycles. The number of nitrogens with one attached hydrogen (secondary N) is 1. The Morgan fingerprint density at radius 1 is 1.37 bits per heavy atom. The molecule has 5 nitrogen and oxygen atoms in total. The molecule has 0 fully saturated rings. The van der Waals surface area contributed by atoms with Gasteiger partial charge in [0.2, 0.25) is 0 Å². The SMILES string of the molecule is COc1cnnc(Nc2ccc(C#N)cc2Cl)c1Cl. The molecule has 2 aromatic rings. The molecule has 0 saturated carbocycles. The van der Waals surface area contributed by atoms with E-state index in [0.717, 1.165) is 0 Å². The third-order valence-electron chi connectivity index (χ3n) is 2.33. The monoisotopic (exact) mass is 294 g/mol. The summed E-state index contributed by atoms with van der Waals surface area (Å²) in [4.78, 5) is 0. The van der Waals surface area contributed by atoms with Crippen molar-refractivity contribution in [1.82, 2.24) is 10.2 Å². The molecule has 0 aliphatic rings. The van der Waals surface area contributed by atoms with Gasteiger partial charge in [0.15, 0.2) is 11.6 Å². The first-order valence-corrected chi connectivity index (χ1v) is 5.93. The van der Waals surface area contributed by atoms with E-state index in [9.17, 15) is 0 Å². The second kappa shape index (κ2) is 5.74. The first-order chi connectivity index (χ1) is 9.15. The van der Waals surface area contributed by atoms with Gasteiger partial charge in [0.1, 0.15) is 5.02 Å². The Kier molecular flexibility index (Phi) is 4.05. The summed E-state index contributed by atoms with van der Waals surface area (Å²) in [5, 5.41) is 20.0. The van der Waals surface area contributed by atoms with Gasteiger partial charge in [-0.3, -0.25) is 0 Å². The van der Waals surface area contributed by atoms with Crippen molar-refractivity contribution in [1.29, 1.82) is 5.26 Å². The van der Waals surface area contributed by atoms with Gasteiger partial charge in [-0.25, -0.2) is 0 Å². The molecule has 0 aliphatic carbocycles. The molecule has 0 atom stereocenters. The second-order valence-corrected chi connectivity index (χ2v) is 4.29. The van der Waals surface area contributed by atoms with Crippen LogP contribution in [-0.2, 0) is 0 Å². The Balaban J connectivity index is 2.34. The summed E-state index contributed by atoms with van der Waals surface area (Å²) < 4.78 is 5.04. The molecule has 0 amide bonds. The lowest BCUT2D eigenvalue weighted by molar-refractivity contribution is 0.412. The maximum absolute atomic E-state index is 8.77. The molecule has 0 unspecified atom stereocenters. The summed E-state index contributed by atoms with van der Waals surface area (Å²) in [6, 6.07) is 6.85. The van der Waals surface area contributed by atoms with Crippen LogP contribution in [0.5, 0.6) is 5.75 Å². The van der Waals surface area contributed by atoms with Crippen LogP contribution >= 0.6 is 23.2 Å². The van der Waals surface area contributed by atoms with Crippen molar-refractivity contribution < 1.29 is 4.74 Å². The van der Waals surface area contributed by atoms with Crippen LogP contribution < -0.4 is 10.1 Å². The highest BCUT2D eigenvalue weighted by Gasteiger charge is 2.11. The van der Waals surface area contributed by atoms with Crippen LogP contribution in [0.4, 0.5) is 11.5 Å². The van der Waals surface area contributed by atoms with Crippen molar-refractivity contribution in [3.8, 4) is 11.8 Å². The van der Waals surface area contributed by atoms with Gasteiger partial charge in [0, 0.05) is 0 Å². The molecular formula is C12H8Cl2N4O. The van der Waals surface area contributed by atoms with Crippen molar-refractivity contribution in [2.24, 2.45) is 0 Å². The van der Waals surface area contributed by atoms with Gasteiger partial charge in [-0.2, -0.15) is 10.4 Å². The summed E-state index contributed by atoms with van der Waals surface area (Å²) in [5.74, 6) is 0.733. The highest BCUT2D eigenvalue weighted by molar-refractivity contribution is 6.35. The number of methoxy groups -OCH3 is 1. The largest absolute Gasteiger partial charge is 0.493 e. The van der Waals surface area contributed by atoms with Gasteiger partial charge < -0.3 is 10.1 Å². The van der Waals surface area contributed by atoms with Gasteiger partial charge in [0.05, 0.1) is 35.6 Å². The van der Waals surface area contributed by atoms with E-state index in [1.54, 1.807) is 18.2 Å². The van der Waals surface area contributed by atoms with E-state index in [2.05, 4.69) is 15.5 Å². The zero-order valence-electron chi connectivity index (χ0n) is 9.82. The minimum absolute atomic E-state index is 0.304. The summed E-state index contributed by atoms with van der Waals surface area (Å²) in [6.07, 6.45) is 1.41. The van der Waals surface area contributed by atoms with E-state index in [0.29, 0.717) is 32.9 Å². The third-order valence-corrected chi connectivity index (χ3v) is 3.01. The van der Waals surface area contributed by atoms with E-state index >= 15 is 0 Å². The molecular weight excluding hydrogens is 287 g/mol. The van der Waals surface area contributed by atoms with Crippen LogP contribution in [0.15, 0.2) is 24.4 Å². The minimum atomic E-state index is 0.304. The summed E-state index contributed by atoms with van der Waals surface area (Å²) in [5.41, 5.74) is 1.04. The van der Waals surface area contributed by atoms with E-state index in [1.807, 2.05) is 6.07 Å². The molecule has 1 N–H and O–H groups in total. The number of ether oxygens (including phenoxy) is 1. The van der Waals surface area contributed by atoms with Crippen molar-refractivity contribution in [3.05, 3.63) is 40.0 Å². The number of halogens is 2. The van der Waals surface area contributed by atoms with Crippen LogP contribution in [0.1, 0.15) is 5.56 Å². The number of benzene rings is 1. The van der Waals surface area contributed by atoms with Crippen molar-refractivity contribution in [2.75, 3.05) is 12.4 Å². The average molecular weight is 295 g/mol. The lowest BCUT2D eigenvalue weighted by atomic mass is 10.2. The molecule has 96 valence electrons. The van der Waals surface area contributed by atoms with E-state index in [4.69, 9.17) is 33.2 Å². The first kappa shape index (κ1) is 13.4. The Labute approximate surface area is 119 Å². The van der Waals surface area contributed by atoms with E-state index < -0.39 is 0 Å². The predicted molar refractivity (Wildman–Crippen MR) is 73.0 cm³/mol. The van der Waals surface area contributed by atoms with E-state index in [1.165, 1.54) is 13.3 Å². The number of rotatable bonds is 3. The maximum atomic E-state index is 8.77. The van der Waals surface area contributed by atoms with E-state index in [-0.39, 0.29) is 0 Å². The molecule has 19 heavy (non-hydrogen) atoms. The molecule has 0 spiro atoms. The number of aromatic nitrogens is 2. The number of hydrogen-bond acceptors (Lipinski definition) is 5. The van der Waals surface area contributed by atoms with Gasteiger partial charge in [-0.15, -0.1) is 5.10 Å². The highest BCUT2D eigenvalue weighted by Crippen LogP contribution is 2.33. The third kappa shape index (κ3) is 2.87. The Morgan fingerprint density at radius 2 is 2.16 bits per heavy atom. The standard InChI is InChI=1S/C12H8Cl2N4O/c1-19-10-6-16-18-12(11(10)14)17-9-3-2-7(5-15)4-8(9)13/h2-4,6H,1H3,(H,17,18). The Bertz CT molecular complexity index is 655. The number of hydrogen-bond donors (Lipinski definition) is 1. The number of nitriles is 1. The summed E-state index contributed by atoms with van der Waals surface area (Å²) >= 11 is 12.1. The Morgan fingerprint density at radius 3 is 2.79 bits per heavy atom. The van der Waals surface area contributed by atoms with Gasteiger partial charge in [0.25, 0.3) is 0 Å². The van der Waals surface area contributed by atoms with Gasteiger partial charge in [-0.1, -0.05) is 23.2 Å². The fourth-order valence-electron chi connectivity index (χ4n) is 1.39. The zero-order valence-corrected chi connectivity index (χ0v) is 11.3. The van der Waals surface area contributed by atoms with Gasteiger partial charge in [-0.05, 0) is 18.2 Å². The average Bonchev–Trinajstić information content (AvgIpc) is 2.43. The molecule has 0 aliphatic heterocycles. The summed E-state index contributed by atoms with van der Waals surface area (Å²) in [6.45, 7) is 0.